The number of carbonyl (C=O) groups is 3. The highest BCUT2D eigenvalue weighted by atomic mass is 16.2. The molecule has 1 atom stereocenters. The van der Waals surface area contributed by atoms with Crippen LogP contribution in [0.5, 0.6) is 0 Å². The van der Waals surface area contributed by atoms with Gasteiger partial charge in [-0.2, -0.15) is 0 Å². The van der Waals surface area contributed by atoms with Crippen molar-refractivity contribution in [3.63, 3.8) is 0 Å². The molecule has 0 bridgehead atoms. The van der Waals surface area contributed by atoms with Gasteiger partial charge in [-0.25, -0.2) is 4.79 Å². The third-order valence-corrected chi connectivity index (χ3v) is 5.77. The second-order valence-electron chi connectivity index (χ2n) is 7.62. The van der Waals surface area contributed by atoms with Gasteiger partial charge in [-0.3, -0.25) is 14.5 Å². The standard InChI is InChI=1S/C23H25N3O3/c1-2-14-23(18-11-4-3-5-12-18)21(28)26(22(29)24-23)16-20(27)25-15-8-10-17-9-6-7-13-19(17)25/h3-7,9,11-13H,2,8,10,14-16H2,1H3,(H,24,29). The molecule has 6 nitrogen and oxygen atoms in total. The highest BCUT2D eigenvalue weighted by molar-refractivity contribution is 6.10. The second kappa shape index (κ2) is 7.70. The Kier molecular flexibility index (Phi) is 5.09. The van der Waals surface area contributed by atoms with Gasteiger partial charge < -0.3 is 10.2 Å². The van der Waals surface area contributed by atoms with Gasteiger partial charge >= 0.3 is 6.03 Å². The third kappa shape index (κ3) is 3.28. The van der Waals surface area contributed by atoms with E-state index in [-0.39, 0.29) is 18.4 Å². The predicted octanol–water partition coefficient (Wildman–Crippen LogP) is 3.21. The molecule has 1 unspecified atom stereocenters. The summed E-state index contributed by atoms with van der Waals surface area (Å²) in [7, 11) is 0. The number of nitrogens with one attached hydrogen (secondary N) is 1. The van der Waals surface area contributed by atoms with Crippen molar-refractivity contribution in [2.24, 2.45) is 0 Å². The Balaban J connectivity index is 1.59. The van der Waals surface area contributed by atoms with E-state index < -0.39 is 11.6 Å². The highest BCUT2D eigenvalue weighted by Gasteiger charge is 2.52. The number of amides is 4. The molecule has 2 aliphatic heterocycles. The second-order valence-corrected chi connectivity index (χ2v) is 7.62. The van der Waals surface area contributed by atoms with Gasteiger partial charge in [0.25, 0.3) is 5.91 Å². The van der Waals surface area contributed by atoms with Gasteiger partial charge in [0.15, 0.2) is 0 Å². The monoisotopic (exact) mass is 391 g/mol. The number of aryl methyl sites for hydroxylation is 1. The van der Waals surface area contributed by atoms with Crippen LogP contribution in [0.4, 0.5) is 10.5 Å². The minimum absolute atomic E-state index is 0.235. The van der Waals surface area contributed by atoms with E-state index >= 15 is 0 Å². The first-order chi connectivity index (χ1) is 14.1. The number of anilines is 1. The molecule has 0 aliphatic carbocycles. The number of fused-ring (bicyclic) bond motifs is 1. The number of urea groups is 1. The normalized spacial score (nSPS) is 21.1. The van der Waals surface area contributed by atoms with Gasteiger partial charge in [0.05, 0.1) is 0 Å². The smallest absolute Gasteiger partial charge is 0.319 e. The molecule has 2 heterocycles. The van der Waals surface area contributed by atoms with Gasteiger partial charge in [-0.1, -0.05) is 61.9 Å². The molecule has 29 heavy (non-hydrogen) atoms. The third-order valence-electron chi connectivity index (χ3n) is 5.77. The van der Waals surface area contributed by atoms with Crippen LogP contribution in [-0.2, 0) is 21.5 Å². The predicted molar refractivity (Wildman–Crippen MR) is 110 cm³/mol. The highest BCUT2D eigenvalue weighted by Crippen LogP contribution is 2.34. The fourth-order valence-electron chi connectivity index (χ4n) is 4.39. The quantitative estimate of drug-likeness (QED) is 0.796. The summed E-state index contributed by atoms with van der Waals surface area (Å²) < 4.78 is 0. The van der Waals surface area contributed by atoms with Crippen LogP contribution >= 0.6 is 0 Å². The Morgan fingerprint density at radius 2 is 1.79 bits per heavy atom. The van der Waals surface area contributed by atoms with E-state index in [0.29, 0.717) is 13.0 Å². The molecule has 4 rings (SSSR count). The number of hydrogen-bond donors (Lipinski definition) is 1. The zero-order chi connectivity index (χ0) is 20.4. The zero-order valence-corrected chi connectivity index (χ0v) is 16.6. The van der Waals surface area contributed by atoms with Gasteiger partial charge in [-0.15, -0.1) is 0 Å². The number of imide groups is 1. The van der Waals surface area contributed by atoms with Crippen LogP contribution in [0.25, 0.3) is 0 Å². The largest absolute Gasteiger partial charge is 0.325 e. The van der Waals surface area contributed by atoms with Gasteiger partial charge in [0, 0.05) is 12.2 Å². The molecule has 0 aromatic heterocycles. The fraction of sp³-hybridized carbons (Fsp3) is 0.348. The number of hydrogen-bond acceptors (Lipinski definition) is 3. The lowest BCUT2D eigenvalue weighted by Crippen LogP contribution is -2.46. The topological polar surface area (TPSA) is 69.7 Å². The lowest BCUT2D eigenvalue weighted by molar-refractivity contribution is -0.134. The summed E-state index contributed by atoms with van der Waals surface area (Å²) in [5.74, 6) is -0.588. The Hall–Kier alpha value is -3.15. The van der Waals surface area contributed by atoms with E-state index in [0.717, 1.165) is 41.0 Å². The summed E-state index contributed by atoms with van der Waals surface area (Å²) in [6, 6.07) is 16.6. The van der Waals surface area contributed by atoms with Gasteiger partial charge in [0.2, 0.25) is 5.91 Å². The molecule has 1 fully saturated rings. The van der Waals surface area contributed by atoms with Gasteiger partial charge in [-0.05, 0) is 36.5 Å². The van der Waals surface area contributed by atoms with E-state index in [1.165, 1.54) is 0 Å². The fourth-order valence-corrected chi connectivity index (χ4v) is 4.39. The zero-order valence-electron chi connectivity index (χ0n) is 16.6. The summed E-state index contributed by atoms with van der Waals surface area (Å²) in [6.45, 7) is 2.32. The molecular formula is C23H25N3O3. The van der Waals surface area contributed by atoms with Crippen LogP contribution in [0.3, 0.4) is 0 Å². The summed E-state index contributed by atoms with van der Waals surface area (Å²) >= 11 is 0. The molecule has 0 saturated carbocycles. The molecular weight excluding hydrogens is 366 g/mol. The molecule has 2 aliphatic rings. The maximum Gasteiger partial charge on any atom is 0.325 e. The van der Waals surface area contributed by atoms with Crippen LogP contribution in [-0.4, -0.2) is 35.8 Å². The summed E-state index contributed by atoms with van der Waals surface area (Å²) in [5, 5.41) is 2.88. The average molecular weight is 391 g/mol. The van der Waals surface area contributed by atoms with Crippen LogP contribution in [0.2, 0.25) is 0 Å². The van der Waals surface area contributed by atoms with E-state index in [4.69, 9.17) is 0 Å². The minimum atomic E-state index is -1.10. The first-order valence-electron chi connectivity index (χ1n) is 10.1. The Bertz CT molecular complexity index is 943. The van der Waals surface area contributed by atoms with Crippen molar-refractivity contribution < 1.29 is 14.4 Å². The van der Waals surface area contributed by atoms with E-state index in [1.807, 2.05) is 61.5 Å². The molecule has 1 saturated heterocycles. The van der Waals surface area contributed by atoms with E-state index in [9.17, 15) is 14.4 Å². The molecule has 2 aromatic carbocycles. The first-order valence-corrected chi connectivity index (χ1v) is 10.1. The SMILES string of the molecule is CCCC1(c2ccccc2)NC(=O)N(CC(=O)N2CCCc3ccccc32)C1=O. The minimum Gasteiger partial charge on any atom is -0.319 e. The molecule has 0 radical (unpaired) electrons. The van der Waals surface area contributed by atoms with Crippen molar-refractivity contribution in [2.75, 3.05) is 18.0 Å². The molecule has 1 N–H and O–H groups in total. The van der Waals surface area contributed by atoms with Crippen molar-refractivity contribution in [3.8, 4) is 0 Å². The number of para-hydroxylation sites is 1. The number of nitrogens with zero attached hydrogens (tertiary/aromatic N) is 2. The number of benzene rings is 2. The Labute approximate surface area is 170 Å². The van der Waals surface area contributed by atoms with Crippen molar-refractivity contribution in [1.82, 2.24) is 10.2 Å². The summed E-state index contributed by atoms with van der Waals surface area (Å²) in [6.07, 6.45) is 3.00. The molecule has 0 spiro atoms. The summed E-state index contributed by atoms with van der Waals surface area (Å²) in [4.78, 5) is 41.9. The average Bonchev–Trinajstić information content (AvgIpc) is 2.99. The van der Waals surface area contributed by atoms with Crippen molar-refractivity contribution in [2.45, 2.75) is 38.1 Å². The summed E-state index contributed by atoms with van der Waals surface area (Å²) in [5.41, 5.74) is 1.64. The molecule has 2 aromatic rings. The van der Waals surface area contributed by atoms with Crippen LogP contribution < -0.4 is 10.2 Å². The van der Waals surface area contributed by atoms with Crippen LogP contribution in [0, 0.1) is 0 Å². The number of carbonyl (C=O) groups excluding carboxylic acids is 3. The molecule has 6 heteroatoms. The van der Waals surface area contributed by atoms with Gasteiger partial charge in [0.1, 0.15) is 12.1 Å². The van der Waals surface area contributed by atoms with E-state index in [2.05, 4.69) is 5.32 Å². The Morgan fingerprint density at radius 1 is 1.07 bits per heavy atom. The maximum absolute atomic E-state index is 13.4. The van der Waals surface area contributed by atoms with Crippen LogP contribution in [0.1, 0.15) is 37.3 Å². The van der Waals surface area contributed by atoms with Crippen LogP contribution in [0.15, 0.2) is 54.6 Å². The molecule has 4 amide bonds. The Morgan fingerprint density at radius 3 is 2.55 bits per heavy atom. The van der Waals surface area contributed by atoms with E-state index in [1.54, 1.807) is 4.90 Å². The number of rotatable bonds is 5. The lowest BCUT2D eigenvalue weighted by Gasteiger charge is -2.31. The van der Waals surface area contributed by atoms with Crippen molar-refractivity contribution >= 4 is 23.5 Å². The maximum atomic E-state index is 13.4. The molecule has 150 valence electrons. The van der Waals surface area contributed by atoms with Crippen molar-refractivity contribution in [1.29, 1.82) is 0 Å². The first kappa shape index (κ1) is 19.2. The van der Waals surface area contributed by atoms with Crippen molar-refractivity contribution in [3.05, 3.63) is 65.7 Å². The lowest BCUT2D eigenvalue weighted by atomic mass is 9.85.